The number of hydrogen-bond donors (Lipinski definition) is 3. The van der Waals surface area contributed by atoms with Gasteiger partial charge in [0.15, 0.2) is 0 Å². The average Bonchev–Trinajstić information content (AvgIpc) is 2.37. The van der Waals surface area contributed by atoms with Gasteiger partial charge in [-0.25, -0.2) is 0 Å². The van der Waals surface area contributed by atoms with E-state index in [9.17, 15) is 4.79 Å². The molecule has 0 saturated carbocycles. The highest BCUT2D eigenvalue weighted by atomic mass is 28.4. The molecule has 0 aromatic rings. The minimum atomic E-state index is -2.57. The zero-order valence-corrected chi connectivity index (χ0v) is 12.1. The van der Waals surface area contributed by atoms with Gasteiger partial charge >= 0.3 is 14.8 Å². The Kier molecular flexibility index (Phi) is 10.1. The molecule has 0 amide bonds. The maximum Gasteiger partial charge on any atom is 0.500 e. The molecule has 8 heteroatoms. The van der Waals surface area contributed by atoms with Gasteiger partial charge in [0.2, 0.25) is 0 Å². The number of hydrogen-bond acceptors (Lipinski definition) is 6. The Labute approximate surface area is 109 Å². The Balaban J connectivity index is 3.79. The van der Waals surface area contributed by atoms with Gasteiger partial charge in [0, 0.05) is 26.9 Å². The zero-order chi connectivity index (χ0) is 13.9. The fourth-order valence-corrected chi connectivity index (χ4v) is 3.46. The second-order valence-corrected chi connectivity index (χ2v) is 6.73. The van der Waals surface area contributed by atoms with Crippen LogP contribution in [0.25, 0.3) is 0 Å². The van der Waals surface area contributed by atoms with E-state index >= 15 is 0 Å². The molecular formula is C10H24N2O5Si. The lowest BCUT2D eigenvalue weighted by molar-refractivity contribution is -0.135. The van der Waals surface area contributed by atoms with Crippen LogP contribution in [0.15, 0.2) is 0 Å². The molecule has 4 N–H and O–H groups in total. The Bertz CT molecular complexity index is 226. The van der Waals surface area contributed by atoms with E-state index < -0.39 is 14.8 Å². The van der Waals surface area contributed by atoms with Crippen LogP contribution in [0, 0.1) is 0 Å². The third kappa shape index (κ3) is 7.74. The smallest absolute Gasteiger partial charge is 0.480 e. The first-order valence-electron chi connectivity index (χ1n) is 5.97. The fraction of sp³-hybridized carbons (Fsp3) is 0.900. The number of aliphatic carboxylic acids is 1. The molecule has 0 atom stereocenters. The summed E-state index contributed by atoms with van der Waals surface area (Å²) in [6.07, 6.45) is 1.50. The van der Waals surface area contributed by atoms with Gasteiger partial charge in [-0.15, -0.1) is 0 Å². The largest absolute Gasteiger partial charge is 0.500 e. The molecule has 108 valence electrons. The van der Waals surface area contributed by atoms with Crippen molar-refractivity contribution < 1.29 is 23.2 Å². The number of carboxylic acids is 1. The van der Waals surface area contributed by atoms with Gasteiger partial charge in [-0.3, -0.25) is 4.79 Å². The highest BCUT2D eigenvalue weighted by Gasteiger charge is 2.37. The molecule has 0 aromatic carbocycles. The number of nitrogens with one attached hydrogen (secondary N) is 1. The van der Waals surface area contributed by atoms with Crippen molar-refractivity contribution >= 4 is 14.8 Å². The standard InChI is InChI=1S/C10H24N2O5Si/c1-15-18(16-2,8-3-5-11)17-7-4-6-12-9-10(13)14/h12H,3-9,11H2,1-2H3,(H,13,14). The van der Waals surface area contributed by atoms with Crippen molar-refractivity contribution in [2.75, 3.05) is 40.5 Å². The Morgan fingerprint density at radius 2 is 2.00 bits per heavy atom. The molecule has 0 unspecified atom stereocenters. The first-order chi connectivity index (χ1) is 8.60. The molecule has 0 aliphatic rings. The molecule has 0 saturated heterocycles. The molecule has 0 aromatic heterocycles. The van der Waals surface area contributed by atoms with Crippen LogP contribution in [-0.2, 0) is 18.1 Å². The highest BCUT2D eigenvalue weighted by molar-refractivity contribution is 6.60. The van der Waals surface area contributed by atoms with Gasteiger partial charge < -0.3 is 29.4 Å². The maximum absolute atomic E-state index is 10.3. The molecule has 0 spiro atoms. The van der Waals surface area contributed by atoms with Gasteiger partial charge in [0.05, 0.1) is 6.54 Å². The van der Waals surface area contributed by atoms with Crippen LogP contribution in [0.1, 0.15) is 12.8 Å². The molecule has 0 bridgehead atoms. The molecule has 0 radical (unpaired) electrons. The first-order valence-corrected chi connectivity index (χ1v) is 7.90. The van der Waals surface area contributed by atoms with Crippen molar-refractivity contribution in [1.82, 2.24) is 5.32 Å². The predicted octanol–water partition coefficient (Wildman–Crippen LogP) is -0.352. The average molecular weight is 280 g/mol. The van der Waals surface area contributed by atoms with Crippen molar-refractivity contribution in [1.29, 1.82) is 0 Å². The number of nitrogens with two attached hydrogens (primary N) is 1. The van der Waals surface area contributed by atoms with Crippen molar-refractivity contribution in [3.8, 4) is 0 Å². The first kappa shape index (κ1) is 17.5. The van der Waals surface area contributed by atoms with E-state index in [1.165, 1.54) is 0 Å². The van der Waals surface area contributed by atoms with E-state index in [0.29, 0.717) is 32.2 Å². The molecule has 0 aliphatic carbocycles. The minimum Gasteiger partial charge on any atom is -0.480 e. The lowest BCUT2D eigenvalue weighted by Crippen LogP contribution is -2.44. The summed E-state index contributed by atoms with van der Waals surface area (Å²) >= 11 is 0. The van der Waals surface area contributed by atoms with Crippen molar-refractivity contribution in [2.45, 2.75) is 18.9 Å². The Morgan fingerprint density at radius 1 is 1.33 bits per heavy atom. The zero-order valence-electron chi connectivity index (χ0n) is 11.1. The highest BCUT2D eigenvalue weighted by Crippen LogP contribution is 2.15. The molecule has 18 heavy (non-hydrogen) atoms. The molecule has 0 rings (SSSR count). The summed E-state index contributed by atoms with van der Waals surface area (Å²) in [5.74, 6) is -0.864. The van der Waals surface area contributed by atoms with Crippen molar-refractivity contribution in [3.05, 3.63) is 0 Å². The molecule has 0 aliphatic heterocycles. The molecule has 7 nitrogen and oxygen atoms in total. The quantitative estimate of drug-likeness (QED) is 0.331. The third-order valence-corrected chi connectivity index (χ3v) is 5.26. The van der Waals surface area contributed by atoms with Crippen LogP contribution in [0.5, 0.6) is 0 Å². The third-order valence-electron chi connectivity index (χ3n) is 2.41. The lowest BCUT2D eigenvalue weighted by Gasteiger charge is -2.26. The summed E-state index contributed by atoms with van der Waals surface area (Å²) in [6.45, 7) is 1.60. The van der Waals surface area contributed by atoms with Gasteiger partial charge in [0.1, 0.15) is 0 Å². The monoisotopic (exact) mass is 280 g/mol. The normalized spacial score (nSPS) is 11.7. The second kappa shape index (κ2) is 10.4. The van der Waals surface area contributed by atoms with Crippen LogP contribution in [0.4, 0.5) is 0 Å². The summed E-state index contributed by atoms with van der Waals surface area (Å²) < 4.78 is 16.4. The van der Waals surface area contributed by atoms with Crippen LogP contribution >= 0.6 is 0 Å². The van der Waals surface area contributed by atoms with Crippen LogP contribution in [0.2, 0.25) is 6.04 Å². The van der Waals surface area contributed by atoms with Crippen LogP contribution in [0.3, 0.4) is 0 Å². The van der Waals surface area contributed by atoms with E-state index in [1.807, 2.05) is 0 Å². The van der Waals surface area contributed by atoms with Crippen molar-refractivity contribution in [3.63, 3.8) is 0 Å². The van der Waals surface area contributed by atoms with Crippen LogP contribution < -0.4 is 11.1 Å². The Hall–Kier alpha value is -0.513. The molecule has 0 fully saturated rings. The lowest BCUT2D eigenvalue weighted by atomic mass is 10.4. The van der Waals surface area contributed by atoms with E-state index in [-0.39, 0.29) is 6.54 Å². The summed E-state index contributed by atoms with van der Waals surface area (Å²) in [4.78, 5) is 10.3. The van der Waals surface area contributed by atoms with Gasteiger partial charge in [0.25, 0.3) is 0 Å². The van der Waals surface area contributed by atoms with E-state index in [2.05, 4.69) is 5.32 Å². The molecule has 0 heterocycles. The Morgan fingerprint density at radius 3 is 2.50 bits per heavy atom. The summed E-state index contributed by atoms with van der Waals surface area (Å²) in [7, 11) is 0.586. The maximum atomic E-state index is 10.3. The topological polar surface area (TPSA) is 103 Å². The van der Waals surface area contributed by atoms with Crippen molar-refractivity contribution in [2.24, 2.45) is 5.73 Å². The van der Waals surface area contributed by atoms with Gasteiger partial charge in [-0.1, -0.05) is 0 Å². The number of carbonyl (C=O) groups is 1. The summed E-state index contributed by atoms with van der Waals surface area (Å²) in [5, 5.41) is 11.2. The molecular weight excluding hydrogens is 256 g/mol. The SMILES string of the molecule is CO[Si](CCCN)(OC)OCCCNCC(=O)O. The second-order valence-electron chi connectivity index (χ2n) is 3.76. The van der Waals surface area contributed by atoms with E-state index in [4.69, 9.17) is 24.1 Å². The van der Waals surface area contributed by atoms with Gasteiger partial charge in [-0.05, 0) is 25.9 Å². The minimum absolute atomic E-state index is 0.0374. The summed E-state index contributed by atoms with van der Waals surface area (Å²) in [5.41, 5.74) is 5.46. The van der Waals surface area contributed by atoms with Crippen LogP contribution in [-0.4, -0.2) is 60.3 Å². The summed E-state index contributed by atoms with van der Waals surface area (Å²) in [6, 6.07) is 0.694. The van der Waals surface area contributed by atoms with E-state index in [0.717, 1.165) is 6.42 Å². The van der Waals surface area contributed by atoms with Gasteiger partial charge in [-0.2, -0.15) is 0 Å². The fourth-order valence-electron chi connectivity index (χ4n) is 1.42. The van der Waals surface area contributed by atoms with E-state index in [1.54, 1.807) is 14.2 Å². The number of rotatable bonds is 12. The predicted molar refractivity (Wildman–Crippen MR) is 69.3 cm³/mol. The number of carboxylic acid groups (broad SMARTS) is 1.